The van der Waals surface area contributed by atoms with Crippen molar-refractivity contribution in [1.82, 2.24) is 15.5 Å². The molecule has 1 saturated heterocycles. The number of rotatable bonds is 8. The zero-order valence-corrected chi connectivity index (χ0v) is 16.1. The van der Waals surface area contributed by atoms with Crippen LogP contribution in [0.1, 0.15) is 58.8 Å². The molecule has 6 heteroatoms. The van der Waals surface area contributed by atoms with Crippen molar-refractivity contribution in [2.24, 2.45) is 10.9 Å². The second kappa shape index (κ2) is 11.3. The summed E-state index contributed by atoms with van der Waals surface area (Å²) in [7, 11) is 0. The van der Waals surface area contributed by atoms with Gasteiger partial charge in [0, 0.05) is 39.2 Å². The summed E-state index contributed by atoms with van der Waals surface area (Å²) >= 11 is 0. The van der Waals surface area contributed by atoms with Gasteiger partial charge in [0.15, 0.2) is 5.96 Å². The number of piperidine rings is 1. The van der Waals surface area contributed by atoms with Crippen LogP contribution in [0.2, 0.25) is 0 Å². The predicted octanol–water partition coefficient (Wildman–Crippen LogP) is 2.15. The lowest BCUT2D eigenvalue weighted by Crippen LogP contribution is -2.47. The van der Waals surface area contributed by atoms with Crippen LogP contribution in [0, 0.1) is 5.92 Å². The van der Waals surface area contributed by atoms with E-state index in [1.807, 2.05) is 0 Å². The van der Waals surface area contributed by atoms with Crippen LogP contribution in [0.25, 0.3) is 0 Å². The number of likely N-dealkylation sites (tertiary alicyclic amines) is 1. The second-order valence-corrected chi connectivity index (χ2v) is 7.08. The summed E-state index contributed by atoms with van der Waals surface area (Å²) in [4.78, 5) is 19.0. The van der Waals surface area contributed by atoms with Gasteiger partial charge >= 0.3 is 0 Å². The van der Waals surface area contributed by atoms with Crippen molar-refractivity contribution in [1.29, 1.82) is 0 Å². The molecule has 1 saturated carbocycles. The normalized spacial score (nSPS) is 20.1. The summed E-state index contributed by atoms with van der Waals surface area (Å²) in [6.45, 7) is 9.00. The summed E-state index contributed by atoms with van der Waals surface area (Å²) in [5.74, 6) is 1.75. The zero-order chi connectivity index (χ0) is 17.9. The molecule has 1 aliphatic heterocycles. The molecule has 2 fully saturated rings. The molecule has 1 aliphatic carbocycles. The van der Waals surface area contributed by atoms with E-state index in [1.165, 1.54) is 25.7 Å². The average molecular weight is 353 g/mol. The third-order valence-corrected chi connectivity index (χ3v) is 5.12. The summed E-state index contributed by atoms with van der Waals surface area (Å²) < 4.78 is 5.72. The Morgan fingerprint density at radius 1 is 1.12 bits per heavy atom. The van der Waals surface area contributed by atoms with Crippen molar-refractivity contribution in [3.8, 4) is 0 Å². The highest BCUT2D eigenvalue weighted by atomic mass is 16.5. The highest BCUT2D eigenvalue weighted by molar-refractivity contribution is 5.80. The smallest absolute Gasteiger partial charge is 0.220 e. The van der Waals surface area contributed by atoms with Gasteiger partial charge in [-0.25, -0.2) is 0 Å². The fourth-order valence-electron chi connectivity index (χ4n) is 3.80. The maximum atomic E-state index is 12.0. The number of hydrogen-bond donors (Lipinski definition) is 2. The maximum Gasteiger partial charge on any atom is 0.220 e. The number of aliphatic imine (C=N–C) groups is 1. The van der Waals surface area contributed by atoms with Crippen molar-refractivity contribution in [3.05, 3.63) is 0 Å². The van der Waals surface area contributed by atoms with E-state index in [0.717, 1.165) is 45.0 Å². The SMILES string of the molecule is CCNC(=NCCNC(=O)CC1CCCC1)N1CCC(OCC)CC1. The minimum absolute atomic E-state index is 0.185. The van der Waals surface area contributed by atoms with Crippen LogP contribution >= 0.6 is 0 Å². The van der Waals surface area contributed by atoms with E-state index < -0.39 is 0 Å². The molecule has 2 N–H and O–H groups in total. The Balaban J connectivity index is 1.69. The number of nitrogens with zero attached hydrogens (tertiary/aromatic N) is 2. The first-order valence-electron chi connectivity index (χ1n) is 10.1. The highest BCUT2D eigenvalue weighted by Crippen LogP contribution is 2.27. The predicted molar refractivity (Wildman–Crippen MR) is 102 cm³/mol. The zero-order valence-electron chi connectivity index (χ0n) is 16.1. The van der Waals surface area contributed by atoms with Crippen LogP contribution < -0.4 is 10.6 Å². The Labute approximate surface area is 152 Å². The van der Waals surface area contributed by atoms with E-state index in [4.69, 9.17) is 4.74 Å². The maximum absolute atomic E-state index is 12.0. The van der Waals surface area contributed by atoms with E-state index in [0.29, 0.717) is 31.5 Å². The highest BCUT2D eigenvalue weighted by Gasteiger charge is 2.21. The van der Waals surface area contributed by atoms with Gasteiger partial charge < -0.3 is 20.3 Å². The van der Waals surface area contributed by atoms with Gasteiger partial charge in [0.25, 0.3) is 0 Å². The molecule has 0 aromatic carbocycles. The molecule has 0 radical (unpaired) electrons. The molecule has 25 heavy (non-hydrogen) atoms. The third-order valence-electron chi connectivity index (χ3n) is 5.12. The van der Waals surface area contributed by atoms with Crippen LogP contribution in [0.5, 0.6) is 0 Å². The Kier molecular flexibility index (Phi) is 9.08. The van der Waals surface area contributed by atoms with E-state index >= 15 is 0 Å². The Bertz CT molecular complexity index is 414. The van der Waals surface area contributed by atoms with Gasteiger partial charge in [-0.2, -0.15) is 0 Å². The number of amides is 1. The summed E-state index contributed by atoms with van der Waals surface area (Å²) in [5.41, 5.74) is 0. The number of carbonyl (C=O) groups excluding carboxylic acids is 1. The number of nitrogens with one attached hydrogen (secondary N) is 2. The van der Waals surface area contributed by atoms with Crippen molar-refractivity contribution >= 4 is 11.9 Å². The first-order chi connectivity index (χ1) is 12.2. The van der Waals surface area contributed by atoms with Crippen molar-refractivity contribution in [2.45, 2.75) is 64.9 Å². The van der Waals surface area contributed by atoms with E-state index in [2.05, 4.69) is 34.4 Å². The topological polar surface area (TPSA) is 66.0 Å². The van der Waals surface area contributed by atoms with Gasteiger partial charge in [-0.1, -0.05) is 12.8 Å². The molecule has 0 aromatic rings. The Morgan fingerprint density at radius 3 is 2.48 bits per heavy atom. The van der Waals surface area contributed by atoms with Crippen molar-refractivity contribution in [3.63, 3.8) is 0 Å². The molecule has 2 rings (SSSR count). The minimum Gasteiger partial charge on any atom is -0.378 e. The van der Waals surface area contributed by atoms with E-state index in [-0.39, 0.29) is 5.91 Å². The van der Waals surface area contributed by atoms with Gasteiger partial charge in [-0.05, 0) is 45.4 Å². The van der Waals surface area contributed by atoms with Crippen LogP contribution in [0.3, 0.4) is 0 Å². The van der Waals surface area contributed by atoms with Crippen LogP contribution in [0.15, 0.2) is 4.99 Å². The molecule has 0 aromatic heterocycles. The lowest BCUT2D eigenvalue weighted by atomic mass is 10.0. The lowest BCUT2D eigenvalue weighted by Gasteiger charge is -2.34. The number of carbonyl (C=O) groups is 1. The first kappa shape index (κ1) is 20.0. The fraction of sp³-hybridized carbons (Fsp3) is 0.895. The number of hydrogen-bond acceptors (Lipinski definition) is 3. The first-order valence-corrected chi connectivity index (χ1v) is 10.1. The quantitative estimate of drug-likeness (QED) is 0.399. The Morgan fingerprint density at radius 2 is 1.84 bits per heavy atom. The van der Waals surface area contributed by atoms with Gasteiger partial charge in [0.1, 0.15) is 0 Å². The van der Waals surface area contributed by atoms with Gasteiger partial charge in [0.2, 0.25) is 5.91 Å². The fourth-order valence-corrected chi connectivity index (χ4v) is 3.80. The Hall–Kier alpha value is -1.30. The van der Waals surface area contributed by atoms with Crippen molar-refractivity contribution in [2.75, 3.05) is 39.3 Å². The molecule has 6 nitrogen and oxygen atoms in total. The monoisotopic (exact) mass is 352 g/mol. The molecule has 0 spiro atoms. The summed E-state index contributed by atoms with van der Waals surface area (Å²) in [6.07, 6.45) is 8.19. The van der Waals surface area contributed by atoms with Gasteiger partial charge in [0.05, 0.1) is 12.6 Å². The van der Waals surface area contributed by atoms with Crippen LogP contribution in [-0.2, 0) is 9.53 Å². The molecular formula is C19H36N4O2. The second-order valence-electron chi connectivity index (χ2n) is 7.08. The average Bonchev–Trinajstić information content (AvgIpc) is 3.11. The molecular weight excluding hydrogens is 316 g/mol. The third kappa shape index (κ3) is 7.22. The molecule has 1 heterocycles. The van der Waals surface area contributed by atoms with Crippen molar-refractivity contribution < 1.29 is 9.53 Å². The molecule has 0 atom stereocenters. The van der Waals surface area contributed by atoms with Crippen LogP contribution in [-0.4, -0.2) is 62.2 Å². The number of ether oxygens (including phenoxy) is 1. The molecule has 1 amide bonds. The minimum atomic E-state index is 0.185. The number of guanidine groups is 1. The molecule has 0 bridgehead atoms. The molecule has 2 aliphatic rings. The van der Waals surface area contributed by atoms with E-state index in [1.54, 1.807) is 0 Å². The largest absolute Gasteiger partial charge is 0.378 e. The molecule has 144 valence electrons. The van der Waals surface area contributed by atoms with E-state index in [9.17, 15) is 4.79 Å². The summed E-state index contributed by atoms with van der Waals surface area (Å²) in [5, 5.41) is 6.39. The lowest BCUT2D eigenvalue weighted by molar-refractivity contribution is -0.121. The van der Waals surface area contributed by atoms with Crippen LogP contribution in [0.4, 0.5) is 0 Å². The summed E-state index contributed by atoms with van der Waals surface area (Å²) in [6, 6.07) is 0. The van der Waals surface area contributed by atoms with Gasteiger partial charge in [-0.15, -0.1) is 0 Å². The standard InChI is InChI=1S/C19H36N4O2/c1-3-20-19(23-13-9-17(10-14-23)25-4-2)22-12-11-21-18(24)15-16-7-5-6-8-16/h16-17H,3-15H2,1-2H3,(H,20,22)(H,21,24). The van der Waals surface area contributed by atoms with Gasteiger partial charge in [-0.3, -0.25) is 9.79 Å². The molecule has 0 unspecified atom stereocenters.